The highest BCUT2D eigenvalue weighted by Crippen LogP contribution is 2.36. The largest absolute Gasteiger partial charge is 0.495 e. The van der Waals surface area contributed by atoms with Crippen molar-refractivity contribution in [1.82, 2.24) is 5.32 Å². The molecule has 0 saturated carbocycles. The summed E-state index contributed by atoms with van der Waals surface area (Å²) in [7, 11) is 1.57. The Bertz CT molecular complexity index is 610. The predicted octanol–water partition coefficient (Wildman–Crippen LogP) is 4.86. The van der Waals surface area contributed by atoms with Crippen molar-refractivity contribution in [3.63, 3.8) is 0 Å². The summed E-state index contributed by atoms with van der Waals surface area (Å²) in [5.74, 6) is 2.34. The number of methoxy groups -OCH3 is 1. The first-order valence-corrected chi connectivity index (χ1v) is 7.71. The summed E-state index contributed by atoms with van der Waals surface area (Å²) in [6.07, 6.45) is 0.857. The van der Waals surface area contributed by atoms with E-state index >= 15 is 0 Å². The second kappa shape index (κ2) is 7.21. The molecule has 1 unspecified atom stereocenters. The molecule has 0 saturated heterocycles. The van der Waals surface area contributed by atoms with Crippen molar-refractivity contribution >= 4 is 23.2 Å². The standard InChI is InChI=1S/C16H19Cl2NO2/c1-4-10-6-7-14(21-10)16(19-5-2)11-8-13(18)15(20-3)9-12(11)17/h6-9,16,19H,4-5H2,1-3H3. The fraction of sp³-hybridized carbons (Fsp3) is 0.375. The van der Waals surface area contributed by atoms with Gasteiger partial charge in [0.15, 0.2) is 0 Å². The van der Waals surface area contributed by atoms with E-state index in [0.717, 1.165) is 30.0 Å². The molecule has 0 fully saturated rings. The molecule has 1 heterocycles. The van der Waals surface area contributed by atoms with E-state index in [4.69, 9.17) is 32.4 Å². The SMILES string of the molecule is CCNC(c1ccc(CC)o1)c1cc(Cl)c(OC)cc1Cl. The second-order valence-corrected chi connectivity index (χ2v) is 5.47. The van der Waals surface area contributed by atoms with Gasteiger partial charge in [-0.1, -0.05) is 37.0 Å². The van der Waals surface area contributed by atoms with Gasteiger partial charge in [-0.3, -0.25) is 0 Å². The number of hydrogen-bond donors (Lipinski definition) is 1. The second-order valence-electron chi connectivity index (χ2n) is 4.66. The molecule has 1 aromatic heterocycles. The van der Waals surface area contributed by atoms with Gasteiger partial charge in [-0.05, 0) is 30.3 Å². The summed E-state index contributed by atoms with van der Waals surface area (Å²) < 4.78 is 11.0. The van der Waals surface area contributed by atoms with E-state index in [9.17, 15) is 0 Å². The van der Waals surface area contributed by atoms with Crippen LogP contribution >= 0.6 is 23.2 Å². The molecule has 0 amide bonds. The molecule has 1 atom stereocenters. The molecule has 2 aromatic rings. The highest BCUT2D eigenvalue weighted by molar-refractivity contribution is 6.34. The van der Waals surface area contributed by atoms with E-state index < -0.39 is 0 Å². The van der Waals surface area contributed by atoms with Gasteiger partial charge in [-0.25, -0.2) is 0 Å². The topological polar surface area (TPSA) is 34.4 Å². The lowest BCUT2D eigenvalue weighted by molar-refractivity contribution is 0.412. The first-order chi connectivity index (χ1) is 10.1. The Morgan fingerprint density at radius 2 is 1.95 bits per heavy atom. The first kappa shape index (κ1) is 16.2. The van der Waals surface area contributed by atoms with Crippen LogP contribution in [-0.4, -0.2) is 13.7 Å². The van der Waals surface area contributed by atoms with Gasteiger partial charge in [0.1, 0.15) is 17.3 Å². The molecule has 0 aliphatic heterocycles. The van der Waals surface area contributed by atoms with Gasteiger partial charge in [0.25, 0.3) is 0 Å². The zero-order valence-electron chi connectivity index (χ0n) is 12.4. The van der Waals surface area contributed by atoms with Crippen LogP contribution < -0.4 is 10.1 Å². The van der Waals surface area contributed by atoms with Gasteiger partial charge in [0.2, 0.25) is 0 Å². The minimum atomic E-state index is -0.133. The molecule has 1 N–H and O–H groups in total. The van der Waals surface area contributed by atoms with Crippen LogP contribution in [0.15, 0.2) is 28.7 Å². The van der Waals surface area contributed by atoms with E-state index in [1.807, 2.05) is 25.1 Å². The first-order valence-electron chi connectivity index (χ1n) is 6.95. The Balaban J connectivity index is 2.44. The third-order valence-electron chi connectivity index (χ3n) is 3.31. The van der Waals surface area contributed by atoms with Crippen molar-refractivity contribution < 1.29 is 9.15 Å². The number of benzene rings is 1. The number of aryl methyl sites for hydroxylation is 1. The lowest BCUT2D eigenvalue weighted by atomic mass is 10.0. The summed E-state index contributed by atoms with van der Waals surface area (Å²) in [5.41, 5.74) is 0.876. The summed E-state index contributed by atoms with van der Waals surface area (Å²) >= 11 is 12.6. The molecule has 0 bridgehead atoms. The van der Waals surface area contributed by atoms with E-state index in [0.29, 0.717) is 15.8 Å². The fourth-order valence-electron chi connectivity index (χ4n) is 2.23. The van der Waals surface area contributed by atoms with E-state index in [1.54, 1.807) is 13.2 Å². The van der Waals surface area contributed by atoms with Gasteiger partial charge in [0.05, 0.1) is 18.2 Å². The molecule has 0 radical (unpaired) electrons. The molecule has 5 heteroatoms. The van der Waals surface area contributed by atoms with Crippen molar-refractivity contribution in [2.75, 3.05) is 13.7 Å². The lowest BCUT2D eigenvalue weighted by Gasteiger charge is -2.19. The summed E-state index contributed by atoms with van der Waals surface area (Å²) in [6.45, 7) is 4.88. The molecule has 114 valence electrons. The highest BCUT2D eigenvalue weighted by Gasteiger charge is 2.21. The minimum Gasteiger partial charge on any atom is -0.495 e. The maximum atomic E-state index is 6.38. The summed E-state index contributed by atoms with van der Waals surface area (Å²) in [4.78, 5) is 0. The van der Waals surface area contributed by atoms with Crippen LogP contribution in [-0.2, 0) is 6.42 Å². The van der Waals surface area contributed by atoms with E-state index in [-0.39, 0.29) is 6.04 Å². The number of furan rings is 1. The molecular formula is C16H19Cl2NO2. The number of halogens is 2. The Morgan fingerprint density at radius 1 is 1.19 bits per heavy atom. The fourth-order valence-corrected chi connectivity index (χ4v) is 2.74. The van der Waals surface area contributed by atoms with Crippen LogP contribution in [0.4, 0.5) is 0 Å². The van der Waals surface area contributed by atoms with Crippen molar-refractivity contribution in [2.45, 2.75) is 26.3 Å². The average molecular weight is 328 g/mol. The quantitative estimate of drug-likeness (QED) is 0.822. The van der Waals surface area contributed by atoms with Crippen LogP contribution in [0.25, 0.3) is 0 Å². The van der Waals surface area contributed by atoms with Crippen LogP contribution in [0.2, 0.25) is 10.0 Å². The predicted molar refractivity (Wildman–Crippen MR) is 86.6 cm³/mol. The molecule has 1 aromatic carbocycles. The maximum Gasteiger partial charge on any atom is 0.138 e. The van der Waals surface area contributed by atoms with Gasteiger partial charge >= 0.3 is 0 Å². The monoisotopic (exact) mass is 327 g/mol. The van der Waals surface area contributed by atoms with Crippen LogP contribution in [0.1, 0.15) is 37.0 Å². The maximum absolute atomic E-state index is 6.38. The normalized spacial score (nSPS) is 12.4. The number of hydrogen-bond acceptors (Lipinski definition) is 3. The van der Waals surface area contributed by atoms with Crippen LogP contribution in [0, 0.1) is 0 Å². The van der Waals surface area contributed by atoms with E-state index in [1.165, 1.54) is 0 Å². The van der Waals surface area contributed by atoms with Gasteiger partial charge in [0, 0.05) is 17.5 Å². The van der Waals surface area contributed by atoms with Crippen LogP contribution in [0.5, 0.6) is 5.75 Å². The molecule has 0 aliphatic carbocycles. The summed E-state index contributed by atoms with van der Waals surface area (Å²) in [5, 5.41) is 4.50. The number of ether oxygens (including phenoxy) is 1. The zero-order chi connectivity index (χ0) is 15.4. The Hall–Kier alpha value is -1.16. The van der Waals surface area contributed by atoms with Crippen molar-refractivity contribution in [1.29, 1.82) is 0 Å². The zero-order valence-corrected chi connectivity index (χ0v) is 13.9. The number of nitrogens with one attached hydrogen (secondary N) is 1. The third-order valence-corrected chi connectivity index (χ3v) is 3.93. The Morgan fingerprint density at radius 3 is 2.52 bits per heavy atom. The lowest BCUT2D eigenvalue weighted by Crippen LogP contribution is -2.22. The molecule has 2 rings (SSSR count). The molecule has 21 heavy (non-hydrogen) atoms. The van der Waals surface area contributed by atoms with Gasteiger partial charge in [-0.2, -0.15) is 0 Å². The summed E-state index contributed by atoms with van der Waals surface area (Å²) in [6, 6.07) is 7.38. The smallest absolute Gasteiger partial charge is 0.138 e. The Kier molecular flexibility index (Phi) is 5.57. The van der Waals surface area contributed by atoms with Crippen molar-refractivity contribution in [2.24, 2.45) is 0 Å². The van der Waals surface area contributed by atoms with Crippen molar-refractivity contribution in [3.05, 3.63) is 51.4 Å². The third kappa shape index (κ3) is 3.54. The minimum absolute atomic E-state index is 0.133. The van der Waals surface area contributed by atoms with Crippen molar-refractivity contribution in [3.8, 4) is 5.75 Å². The number of rotatable bonds is 6. The highest BCUT2D eigenvalue weighted by atomic mass is 35.5. The average Bonchev–Trinajstić information content (AvgIpc) is 2.95. The molecule has 0 aliphatic rings. The van der Waals surface area contributed by atoms with Gasteiger partial charge in [-0.15, -0.1) is 0 Å². The molecule has 0 spiro atoms. The van der Waals surface area contributed by atoms with E-state index in [2.05, 4.69) is 12.2 Å². The molecular weight excluding hydrogens is 309 g/mol. The van der Waals surface area contributed by atoms with Crippen LogP contribution in [0.3, 0.4) is 0 Å². The Labute approximate surface area is 135 Å². The molecule has 3 nitrogen and oxygen atoms in total. The van der Waals surface area contributed by atoms with Gasteiger partial charge < -0.3 is 14.5 Å².